The second kappa shape index (κ2) is 11.1. The van der Waals surface area contributed by atoms with Crippen LogP contribution in [0.1, 0.15) is 12.5 Å². The third-order valence-electron chi connectivity index (χ3n) is 4.94. The molecule has 4 rings (SSSR count). The highest BCUT2D eigenvalue weighted by atomic mass is 79.9. The number of ether oxygens (including phenoxy) is 1. The Bertz CT molecular complexity index is 1290. The number of hydrazone groups is 1. The summed E-state index contributed by atoms with van der Waals surface area (Å²) in [6.45, 7) is 1.85. The van der Waals surface area contributed by atoms with Crippen LogP contribution in [0.5, 0.6) is 5.75 Å². The summed E-state index contributed by atoms with van der Waals surface area (Å²) >= 11 is 4.71. The molecule has 0 aliphatic heterocycles. The van der Waals surface area contributed by atoms with Gasteiger partial charge >= 0.3 is 0 Å². The van der Waals surface area contributed by atoms with E-state index in [-0.39, 0.29) is 11.7 Å². The van der Waals surface area contributed by atoms with Crippen LogP contribution in [0, 0.1) is 0 Å². The van der Waals surface area contributed by atoms with Gasteiger partial charge in [0.15, 0.2) is 11.0 Å². The van der Waals surface area contributed by atoms with Crippen LogP contribution < -0.4 is 10.2 Å². The predicted octanol–water partition coefficient (Wildman–Crippen LogP) is 5.34. The number of para-hydroxylation sites is 1. The normalized spacial score (nSPS) is 11.3. The van der Waals surface area contributed by atoms with Crippen molar-refractivity contribution in [2.45, 2.75) is 12.1 Å². The standard InChI is InChI=1S/C25H22BrN5O2S/c1-17(18-8-12-20(26)13-9-18)27-28-23(32)16-34-25-30-29-24(19-10-14-22(33-2)15-11-19)31(25)21-6-4-3-5-7-21/h3-15H,16H2,1-2H3,(H,28,32). The molecule has 0 spiro atoms. The number of hydrogen-bond acceptors (Lipinski definition) is 6. The molecule has 0 saturated carbocycles. The molecule has 1 amide bonds. The average molecular weight is 536 g/mol. The van der Waals surface area contributed by atoms with Crippen LogP contribution in [0.25, 0.3) is 17.1 Å². The molecule has 9 heteroatoms. The van der Waals surface area contributed by atoms with Crippen molar-refractivity contribution < 1.29 is 9.53 Å². The lowest BCUT2D eigenvalue weighted by Gasteiger charge is -2.10. The molecule has 0 fully saturated rings. The first-order chi connectivity index (χ1) is 16.5. The van der Waals surface area contributed by atoms with Crippen molar-refractivity contribution in [3.05, 3.63) is 88.9 Å². The third kappa shape index (κ3) is 5.73. The molecule has 1 heterocycles. The van der Waals surface area contributed by atoms with Crippen molar-refractivity contribution >= 4 is 39.3 Å². The summed E-state index contributed by atoms with van der Waals surface area (Å²) in [6.07, 6.45) is 0. The molecular formula is C25H22BrN5O2S. The van der Waals surface area contributed by atoms with Gasteiger partial charge in [0.05, 0.1) is 18.6 Å². The number of nitrogens with one attached hydrogen (secondary N) is 1. The first-order valence-corrected chi connectivity index (χ1v) is 12.2. The molecule has 7 nitrogen and oxygen atoms in total. The van der Waals surface area contributed by atoms with Crippen LogP contribution in [0.2, 0.25) is 0 Å². The molecule has 34 heavy (non-hydrogen) atoms. The van der Waals surface area contributed by atoms with E-state index >= 15 is 0 Å². The maximum absolute atomic E-state index is 12.5. The zero-order chi connectivity index (χ0) is 23.9. The number of thioether (sulfide) groups is 1. The summed E-state index contributed by atoms with van der Waals surface area (Å²) < 4.78 is 8.19. The number of methoxy groups -OCH3 is 1. The van der Waals surface area contributed by atoms with Gasteiger partial charge in [-0.05, 0) is 61.0 Å². The number of hydrogen-bond donors (Lipinski definition) is 1. The molecule has 4 aromatic rings. The summed E-state index contributed by atoms with van der Waals surface area (Å²) in [5.74, 6) is 1.36. The number of halogens is 1. The molecule has 172 valence electrons. The van der Waals surface area contributed by atoms with Crippen molar-refractivity contribution in [2.24, 2.45) is 5.10 Å². The van der Waals surface area contributed by atoms with E-state index in [1.54, 1.807) is 7.11 Å². The predicted molar refractivity (Wildman–Crippen MR) is 139 cm³/mol. The Morgan fingerprint density at radius 3 is 2.41 bits per heavy atom. The quantitative estimate of drug-likeness (QED) is 0.187. The Morgan fingerprint density at radius 1 is 1.03 bits per heavy atom. The first kappa shape index (κ1) is 23.7. The van der Waals surface area contributed by atoms with Gasteiger partial charge in [-0.2, -0.15) is 5.10 Å². The van der Waals surface area contributed by atoms with Crippen LogP contribution in [-0.2, 0) is 4.79 Å². The van der Waals surface area contributed by atoms with Gasteiger partial charge in [-0.25, -0.2) is 5.43 Å². The van der Waals surface area contributed by atoms with Crippen LogP contribution in [-0.4, -0.2) is 39.2 Å². The molecule has 1 aromatic heterocycles. The highest BCUT2D eigenvalue weighted by Gasteiger charge is 2.17. The molecule has 0 radical (unpaired) electrons. The Balaban J connectivity index is 1.51. The van der Waals surface area contributed by atoms with Gasteiger partial charge in [0.2, 0.25) is 0 Å². The molecule has 3 aromatic carbocycles. The van der Waals surface area contributed by atoms with Crippen molar-refractivity contribution in [3.63, 3.8) is 0 Å². The van der Waals surface area contributed by atoms with Crippen molar-refractivity contribution in [1.82, 2.24) is 20.2 Å². The summed E-state index contributed by atoms with van der Waals surface area (Å²) in [7, 11) is 1.63. The van der Waals surface area contributed by atoms with Gasteiger partial charge in [-0.15, -0.1) is 10.2 Å². The number of aromatic nitrogens is 3. The Morgan fingerprint density at radius 2 is 1.74 bits per heavy atom. The molecular weight excluding hydrogens is 514 g/mol. The van der Waals surface area contributed by atoms with Crippen LogP contribution in [0.15, 0.2) is 93.6 Å². The fraction of sp³-hybridized carbons (Fsp3) is 0.120. The number of carbonyl (C=O) groups is 1. The lowest BCUT2D eigenvalue weighted by atomic mass is 10.1. The molecule has 0 bridgehead atoms. The fourth-order valence-electron chi connectivity index (χ4n) is 3.16. The molecule has 0 aliphatic rings. The second-order valence-corrected chi connectivity index (χ2v) is 9.09. The largest absolute Gasteiger partial charge is 0.497 e. The van der Waals surface area contributed by atoms with E-state index in [4.69, 9.17) is 4.74 Å². The second-order valence-electron chi connectivity index (χ2n) is 7.23. The summed E-state index contributed by atoms with van der Waals surface area (Å²) in [4.78, 5) is 12.5. The topological polar surface area (TPSA) is 81.4 Å². The molecule has 0 aliphatic carbocycles. The zero-order valence-electron chi connectivity index (χ0n) is 18.6. The van der Waals surface area contributed by atoms with E-state index in [9.17, 15) is 4.79 Å². The number of benzene rings is 3. The zero-order valence-corrected chi connectivity index (χ0v) is 21.0. The minimum Gasteiger partial charge on any atom is -0.497 e. The smallest absolute Gasteiger partial charge is 0.250 e. The van der Waals surface area contributed by atoms with Gasteiger partial charge in [-0.1, -0.05) is 58.0 Å². The summed E-state index contributed by atoms with van der Waals surface area (Å²) in [6, 6.07) is 25.2. The van der Waals surface area contributed by atoms with Crippen molar-refractivity contribution in [3.8, 4) is 22.8 Å². The third-order valence-corrected chi connectivity index (χ3v) is 6.40. The fourth-order valence-corrected chi connectivity index (χ4v) is 4.17. The molecule has 0 saturated heterocycles. The minimum atomic E-state index is -0.227. The van der Waals surface area contributed by atoms with Gasteiger partial charge in [-0.3, -0.25) is 9.36 Å². The average Bonchev–Trinajstić information content (AvgIpc) is 3.31. The van der Waals surface area contributed by atoms with E-state index in [0.717, 1.165) is 32.7 Å². The number of amides is 1. The molecule has 0 atom stereocenters. The van der Waals surface area contributed by atoms with Gasteiger partial charge in [0.25, 0.3) is 5.91 Å². The van der Waals surface area contributed by atoms with E-state index in [1.807, 2.05) is 90.4 Å². The maximum Gasteiger partial charge on any atom is 0.250 e. The minimum absolute atomic E-state index is 0.144. The van der Waals surface area contributed by atoms with Crippen molar-refractivity contribution in [2.75, 3.05) is 12.9 Å². The number of nitrogens with zero attached hydrogens (tertiary/aromatic N) is 4. The number of carbonyl (C=O) groups excluding carboxylic acids is 1. The molecule has 0 unspecified atom stereocenters. The Kier molecular flexibility index (Phi) is 7.76. The van der Waals surface area contributed by atoms with E-state index in [2.05, 4.69) is 36.7 Å². The van der Waals surface area contributed by atoms with Crippen LogP contribution in [0.4, 0.5) is 0 Å². The maximum atomic E-state index is 12.5. The Labute approximate surface area is 210 Å². The molecule has 1 N–H and O–H groups in total. The number of rotatable bonds is 8. The highest BCUT2D eigenvalue weighted by molar-refractivity contribution is 9.10. The first-order valence-electron chi connectivity index (χ1n) is 10.4. The van der Waals surface area contributed by atoms with Crippen LogP contribution >= 0.6 is 27.7 Å². The monoisotopic (exact) mass is 535 g/mol. The van der Waals surface area contributed by atoms with E-state index in [0.29, 0.717) is 11.0 Å². The Hall–Kier alpha value is -3.43. The lowest BCUT2D eigenvalue weighted by Crippen LogP contribution is -2.21. The highest BCUT2D eigenvalue weighted by Crippen LogP contribution is 2.29. The lowest BCUT2D eigenvalue weighted by molar-refractivity contribution is -0.118. The van der Waals surface area contributed by atoms with E-state index < -0.39 is 0 Å². The van der Waals surface area contributed by atoms with Gasteiger partial charge < -0.3 is 4.74 Å². The summed E-state index contributed by atoms with van der Waals surface area (Å²) in [5.41, 5.74) is 6.08. The summed E-state index contributed by atoms with van der Waals surface area (Å²) in [5, 5.41) is 13.6. The van der Waals surface area contributed by atoms with Gasteiger partial charge in [0.1, 0.15) is 5.75 Å². The van der Waals surface area contributed by atoms with Gasteiger partial charge in [0, 0.05) is 15.7 Å². The SMILES string of the molecule is COc1ccc(-c2nnc(SCC(=O)NN=C(C)c3ccc(Br)cc3)n2-c2ccccc2)cc1. The van der Waals surface area contributed by atoms with Crippen molar-refractivity contribution in [1.29, 1.82) is 0 Å². The van der Waals surface area contributed by atoms with E-state index in [1.165, 1.54) is 11.8 Å². The van der Waals surface area contributed by atoms with Crippen LogP contribution in [0.3, 0.4) is 0 Å².